The molecule has 1 amide bonds. The maximum absolute atomic E-state index is 13.6. The first kappa shape index (κ1) is 17.0. The normalized spacial score (nSPS) is 12.2. The molecular weight excluding hydrogens is 277 g/mol. The molecule has 1 aromatic rings. The molecule has 0 radical (unpaired) electrons. The number of carbonyl (C=O) groups is 1. The molecule has 0 bridgehead atoms. The first-order valence-electron chi connectivity index (χ1n) is 6.77. The predicted octanol–water partition coefficient (Wildman–Crippen LogP) is 2.68. The number of nitro benzene ring substituents is 1. The second-order valence-corrected chi connectivity index (χ2v) is 5.40. The van der Waals surface area contributed by atoms with Crippen molar-refractivity contribution in [2.75, 3.05) is 11.9 Å². The number of nitrogens with zero attached hydrogens (tertiary/aromatic N) is 1. The van der Waals surface area contributed by atoms with E-state index in [1.807, 2.05) is 13.8 Å². The molecule has 0 aliphatic carbocycles. The molecule has 6 nitrogen and oxygen atoms in total. The molecule has 0 aliphatic heterocycles. The summed E-state index contributed by atoms with van der Waals surface area (Å²) in [5.41, 5.74) is 5.15. The lowest BCUT2D eigenvalue weighted by molar-refractivity contribution is -0.384. The smallest absolute Gasteiger partial charge is 0.271 e. The van der Waals surface area contributed by atoms with Gasteiger partial charge in [0.25, 0.3) is 5.69 Å². The second-order valence-electron chi connectivity index (χ2n) is 5.40. The number of benzene rings is 1. The van der Waals surface area contributed by atoms with Crippen LogP contribution in [0.5, 0.6) is 0 Å². The van der Waals surface area contributed by atoms with Crippen LogP contribution in [0.4, 0.5) is 15.8 Å². The molecule has 0 fully saturated rings. The van der Waals surface area contributed by atoms with Gasteiger partial charge in [-0.25, -0.2) is 4.39 Å². The van der Waals surface area contributed by atoms with E-state index < -0.39 is 16.6 Å². The molecule has 3 N–H and O–H groups in total. The summed E-state index contributed by atoms with van der Waals surface area (Å²) < 4.78 is 13.6. The van der Waals surface area contributed by atoms with Crippen LogP contribution in [0.15, 0.2) is 18.2 Å². The Morgan fingerprint density at radius 3 is 2.67 bits per heavy atom. The Balaban J connectivity index is 2.74. The fourth-order valence-corrected chi connectivity index (χ4v) is 2.12. The minimum Gasteiger partial charge on any atom is -0.330 e. The summed E-state index contributed by atoms with van der Waals surface area (Å²) in [6.45, 7) is 4.42. The number of hydrogen-bond donors (Lipinski definition) is 2. The van der Waals surface area contributed by atoms with Crippen molar-refractivity contribution in [2.45, 2.75) is 26.7 Å². The molecule has 0 heterocycles. The van der Waals surface area contributed by atoms with Crippen molar-refractivity contribution in [3.63, 3.8) is 0 Å². The predicted molar refractivity (Wildman–Crippen MR) is 78.3 cm³/mol. The van der Waals surface area contributed by atoms with Crippen LogP contribution in [-0.2, 0) is 4.79 Å². The molecule has 1 aromatic carbocycles. The zero-order valence-corrected chi connectivity index (χ0v) is 12.1. The average molecular weight is 297 g/mol. The Bertz CT molecular complexity index is 520. The van der Waals surface area contributed by atoms with Crippen molar-refractivity contribution in [1.29, 1.82) is 0 Å². The fraction of sp³-hybridized carbons (Fsp3) is 0.500. The molecule has 0 saturated heterocycles. The molecule has 1 atom stereocenters. The first-order valence-corrected chi connectivity index (χ1v) is 6.77. The molecule has 0 aromatic heterocycles. The van der Waals surface area contributed by atoms with E-state index in [-0.39, 0.29) is 23.7 Å². The number of hydrogen-bond acceptors (Lipinski definition) is 4. The van der Waals surface area contributed by atoms with Gasteiger partial charge in [0, 0.05) is 18.6 Å². The maximum atomic E-state index is 13.6. The van der Waals surface area contributed by atoms with Crippen molar-refractivity contribution < 1.29 is 14.1 Å². The van der Waals surface area contributed by atoms with Crippen LogP contribution in [-0.4, -0.2) is 17.4 Å². The van der Waals surface area contributed by atoms with Gasteiger partial charge in [0.2, 0.25) is 5.91 Å². The Morgan fingerprint density at radius 2 is 2.14 bits per heavy atom. The molecule has 1 rings (SSSR count). The lowest BCUT2D eigenvalue weighted by Crippen LogP contribution is -2.23. The van der Waals surface area contributed by atoms with E-state index in [0.29, 0.717) is 12.5 Å². The zero-order valence-electron chi connectivity index (χ0n) is 12.1. The fourth-order valence-electron chi connectivity index (χ4n) is 2.12. The number of amides is 1. The van der Waals surface area contributed by atoms with Crippen LogP contribution < -0.4 is 11.1 Å². The quantitative estimate of drug-likeness (QED) is 0.597. The van der Waals surface area contributed by atoms with Gasteiger partial charge in [-0.1, -0.05) is 13.8 Å². The van der Waals surface area contributed by atoms with Crippen molar-refractivity contribution >= 4 is 17.3 Å². The Morgan fingerprint density at radius 1 is 1.48 bits per heavy atom. The minimum atomic E-state index is -0.706. The summed E-state index contributed by atoms with van der Waals surface area (Å²) >= 11 is 0. The summed E-state index contributed by atoms with van der Waals surface area (Å²) in [6, 6.07) is 3.02. The number of nitro groups is 1. The number of anilines is 1. The Kier molecular flexibility index (Phi) is 6.23. The number of carbonyl (C=O) groups excluding carboxylic acids is 1. The molecule has 0 saturated carbocycles. The number of halogens is 1. The highest BCUT2D eigenvalue weighted by Gasteiger charge is 2.17. The van der Waals surface area contributed by atoms with Crippen LogP contribution in [0.3, 0.4) is 0 Å². The van der Waals surface area contributed by atoms with E-state index in [4.69, 9.17) is 5.73 Å². The van der Waals surface area contributed by atoms with Crippen LogP contribution in [0.1, 0.15) is 26.7 Å². The standard InChI is InChI=1S/C14H20FN3O3/c1-9(2)5-10(8-16)6-14(19)17-13-7-11(18(20)21)3-4-12(13)15/h3-4,7,9-10H,5-6,8,16H2,1-2H3,(H,17,19)/t10-/m0/s1. The maximum Gasteiger partial charge on any atom is 0.271 e. The number of nitrogens with one attached hydrogen (secondary N) is 1. The van der Waals surface area contributed by atoms with Crippen LogP contribution in [0.2, 0.25) is 0 Å². The van der Waals surface area contributed by atoms with Crippen LogP contribution in [0, 0.1) is 27.8 Å². The highest BCUT2D eigenvalue weighted by molar-refractivity contribution is 5.91. The Hall–Kier alpha value is -2.02. The highest BCUT2D eigenvalue weighted by atomic mass is 19.1. The molecule has 0 spiro atoms. The zero-order chi connectivity index (χ0) is 16.0. The van der Waals surface area contributed by atoms with E-state index in [9.17, 15) is 19.3 Å². The molecule has 116 valence electrons. The minimum absolute atomic E-state index is 0.00626. The third-order valence-corrected chi connectivity index (χ3v) is 3.05. The highest BCUT2D eigenvalue weighted by Crippen LogP contribution is 2.22. The van der Waals surface area contributed by atoms with Gasteiger partial charge >= 0.3 is 0 Å². The molecule has 21 heavy (non-hydrogen) atoms. The van der Waals surface area contributed by atoms with Gasteiger partial charge in [-0.3, -0.25) is 14.9 Å². The van der Waals surface area contributed by atoms with E-state index in [1.54, 1.807) is 0 Å². The van der Waals surface area contributed by atoms with Gasteiger partial charge in [-0.2, -0.15) is 0 Å². The van der Waals surface area contributed by atoms with Crippen molar-refractivity contribution in [3.8, 4) is 0 Å². The monoisotopic (exact) mass is 297 g/mol. The van der Waals surface area contributed by atoms with Gasteiger partial charge in [-0.05, 0) is 30.9 Å². The van der Waals surface area contributed by atoms with Gasteiger partial charge in [0.1, 0.15) is 5.82 Å². The summed E-state index contributed by atoms with van der Waals surface area (Å²) in [6.07, 6.45) is 0.956. The van der Waals surface area contributed by atoms with Crippen LogP contribution in [0.25, 0.3) is 0 Å². The van der Waals surface area contributed by atoms with Gasteiger partial charge in [0.15, 0.2) is 0 Å². The van der Waals surface area contributed by atoms with Crippen molar-refractivity contribution in [1.82, 2.24) is 0 Å². The molecular formula is C14H20FN3O3. The third kappa shape index (κ3) is 5.47. The molecule has 0 aliphatic rings. The number of nitrogens with two attached hydrogens (primary N) is 1. The number of non-ortho nitro benzene ring substituents is 1. The van der Waals surface area contributed by atoms with Gasteiger partial charge in [0.05, 0.1) is 10.6 Å². The molecule has 0 unspecified atom stereocenters. The lowest BCUT2D eigenvalue weighted by atomic mass is 9.94. The summed E-state index contributed by atoms with van der Waals surface area (Å²) in [5.74, 6) is -0.694. The molecule has 7 heteroatoms. The van der Waals surface area contributed by atoms with Crippen molar-refractivity contribution in [3.05, 3.63) is 34.1 Å². The largest absolute Gasteiger partial charge is 0.330 e. The van der Waals surface area contributed by atoms with Gasteiger partial charge < -0.3 is 11.1 Å². The Labute approximate surface area is 122 Å². The van der Waals surface area contributed by atoms with E-state index >= 15 is 0 Å². The third-order valence-electron chi connectivity index (χ3n) is 3.05. The number of rotatable bonds is 7. The van der Waals surface area contributed by atoms with Gasteiger partial charge in [-0.15, -0.1) is 0 Å². The summed E-state index contributed by atoms with van der Waals surface area (Å²) in [5, 5.41) is 13.0. The van der Waals surface area contributed by atoms with E-state index in [2.05, 4.69) is 5.32 Å². The SMILES string of the molecule is CC(C)C[C@H](CN)CC(=O)Nc1cc([N+](=O)[O-])ccc1F. The first-order chi connectivity index (χ1) is 9.83. The average Bonchev–Trinajstić information content (AvgIpc) is 2.39. The summed E-state index contributed by atoms with van der Waals surface area (Å²) in [7, 11) is 0. The second kappa shape index (κ2) is 7.68. The lowest BCUT2D eigenvalue weighted by Gasteiger charge is -2.16. The van der Waals surface area contributed by atoms with Crippen molar-refractivity contribution in [2.24, 2.45) is 17.6 Å². The van der Waals surface area contributed by atoms with E-state index in [1.165, 1.54) is 0 Å². The van der Waals surface area contributed by atoms with Crippen LogP contribution >= 0.6 is 0 Å². The van der Waals surface area contributed by atoms with E-state index in [0.717, 1.165) is 24.6 Å². The summed E-state index contributed by atoms with van der Waals surface area (Å²) in [4.78, 5) is 21.9. The topological polar surface area (TPSA) is 98.3 Å².